The number of Topliss-reactive ketones (excluding diaryl/α,β-unsaturated/α-hetero) is 2. The molecule has 0 aliphatic heterocycles. The van der Waals surface area contributed by atoms with Crippen LogP contribution in [0.4, 0.5) is 0 Å². The number of pyridine rings is 1. The van der Waals surface area contributed by atoms with E-state index in [1.165, 1.54) is 7.11 Å². The molecule has 0 aliphatic carbocycles. The lowest BCUT2D eigenvalue weighted by Crippen LogP contribution is -2.08. The average molecular weight is 325 g/mol. The minimum absolute atomic E-state index is 0.0404. The lowest BCUT2D eigenvalue weighted by atomic mass is 10.0. The van der Waals surface area contributed by atoms with Gasteiger partial charge in [0.2, 0.25) is 0 Å². The zero-order valence-electron chi connectivity index (χ0n) is 12.6. The van der Waals surface area contributed by atoms with Gasteiger partial charge >= 0.3 is 0 Å². The van der Waals surface area contributed by atoms with E-state index >= 15 is 0 Å². The minimum atomic E-state index is -0.188. The van der Waals surface area contributed by atoms with Gasteiger partial charge < -0.3 is 4.74 Å². The maximum Gasteiger partial charge on any atom is 0.185 e. The third kappa shape index (κ3) is 3.29. The molecule has 0 radical (unpaired) electrons. The number of carbonyl (C=O) groups excluding carboxylic acids is 2. The summed E-state index contributed by atoms with van der Waals surface area (Å²) in [5.74, 6) is 0.207. The van der Waals surface area contributed by atoms with Crippen LogP contribution in [0.5, 0.6) is 5.75 Å². The Morgan fingerprint density at radius 1 is 1.13 bits per heavy atom. The van der Waals surface area contributed by atoms with Gasteiger partial charge in [-0.1, -0.05) is 0 Å². The third-order valence-corrected chi connectivity index (χ3v) is 4.51. The summed E-state index contributed by atoms with van der Waals surface area (Å²) in [4.78, 5) is 28.6. The highest BCUT2D eigenvalue weighted by Crippen LogP contribution is 2.23. The van der Waals surface area contributed by atoms with Gasteiger partial charge in [-0.3, -0.25) is 9.59 Å². The standard InChI is InChI=1S/C18H15NO3S/c1-22-16-3-2-9-19-18(16)15(21)6-5-14(20)12-4-7-17-13(11-12)8-10-23-17/h2-4,7-11H,5-6H2,1H3. The van der Waals surface area contributed by atoms with E-state index in [4.69, 9.17) is 4.74 Å². The minimum Gasteiger partial charge on any atom is -0.494 e. The van der Waals surface area contributed by atoms with E-state index in [-0.39, 0.29) is 30.1 Å². The van der Waals surface area contributed by atoms with Gasteiger partial charge in [0, 0.05) is 29.3 Å². The van der Waals surface area contributed by atoms with E-state index in [2.05, 4.69) is 4.98 Å². The molecule has 0 saturated heterocycles. The molecule has 0 fully saturated rings. The molecule has 1 aromatic carbocycles. The van der Waals surface area contributed by atoms with E-state index in [0.29, 0.717) is 11.3 Å². The predicted molar refractivity (Wildman–Crippen MR) is 90.5 cm³/mol. The molecule has 5 heteroatoms. The van der Waals surface area contributed by atoms with Crippen LogP contribution in [0.1, 0.15) is 33.7 Å². The average Bonchev–Trinajstić information content (AvgIpc) is 3.06. The zero-order valence-corrected chi connectivity index (χ0v) is 13.4. The lowest BCUT2D eigenvalue weighted by Gasteiger charge is -2.06. The quantitative estimate of drug-likeness (QED) is 0.639. The highest BCUT2D eigenvalue weighted by Gasteiger charge is 2.16. The molecule has 23 heavy (non-hydrogen) atoms. The van der Waals surface area contributed by atoms with Crippen LogP contribution in [0, 0.1) is 0 Å². The molecule has 3 rings (SSSR count). The highest BCUT2D eigenvalue weighted by molar-refractivity contribution is 7.17. The van der Waals surface area contributed by atoms with E-state index < -0.39 is 0 Å². The molecule has 2 heterocycles. The van der Waals surface area contributed by atoms with Crippen LogP contribution >= 0.6 is 11.3 Å². The van der Waals surface area contributed by atoms with Crippen molar-refractivity contribution in [2.45, 2.75) is 12.8 Å². The first-order valence-electron chi connectivity index (χ1n) is 7.21. The number of nitrogens with zero attached hydrogens (tertiary/aromatic N) is 1. The third-order valence-electron chi connectivity index (χ3n) is 3.61. The molecule has 3 aromatic rings. The second-order valence-corrected chi connectivity index (χ2v) is 6.02. The second-order valence-electron chi connectivity index (χ2n) is 5.07. The van der Waals surface area contributed by atoms with Crippen LogP contribution in [-0.4, -0.2) is 23.7 Å². The summed E-state index contributed by atoms with van der Waals surface area (Å²) in [6.07, 6.45) is 1.82. The number of fused-ring (bicyclic) bond motifs is 1. The van der Waals surface area contributed by atoms with Gasteiger partial charge in [-0.15, -0.1) is 11.3 Å². The number of thiophene rings is 1. The van der Waals surface area contributed by atoms with Gasteiger partial charge in [-0.25, -0.2) is 4.98 Å². The maximum atomic E-state index is 12.3. The Morgan fingerprint density at radius 3 is 2.78 bits per heavy atom. The number of ether oxygens (including phenoxy) is 1. The lowest BCUT2D eigenvalue weighted by molar-refractivity contribution is 0.0913. The van der Waals surface area contributed by atoms with Crippen LogP contribution < -0.4 is 4.74 Å². The fourth-order valence-electron chi connectivity index (χ4n) is 2.39. The number of aromatic nitrogens is 1. The molecule has 0 saturated carbocycles. The molecule has 0 spiro atoms. The van der Waals surface area contributed by atoms with Crippen LogP contribution in [-0.2, 0) is 0 Å². The van der Waals surface area contributed by atoms with Crippen molar-refractivity contribution in [3.05, 3.63) is 59.2 Å². The Labute approximate surface area is 137 Å². The smallest absolute Gasteiger partial charge is 0.185 e. The fraction of sp³-hybridized carbons (Fsp3) is 0.167. The summed E-state index contributed by atoms with van der Waals surface area (Å²) < 4.78 is 6.28. The molecular formula is C18H15NO3S. The first kappa shape index (κ1) is 15.4. The molecule has 4 nitrogen and oxygen atoms in total. The number of rotatable bonds is 6. The maximum absolute atomic E-state index is 12.3. The van der Waals surface area contributed by atoms with Crippen LogP contribution in [0.25, 0.3) is 10.1 Å². The predicted octanol–water partition coefficient (Wildman–Crippen LogP) is 4.15. The van der Waals surface area contributed by atoms with Crippen molar-refractivity contribution in [3.8, 4) is 5.75 Å². The number of hydrogen-bond acceptors (Lipinski definition) is 5. The van der Waals surface area contributed by atoms with Gasteiger partial charge in [0.25, 0.3) is 0 Å². The van der Waals surface area contributed by atoms with E-state index in [0.717, 1.165) is 10.1 Å². The molecule has 116 valence electrons. The molecule has 0 unspecified atom stereocenters. The summed E-state index contributed by atoms with van der Waals surface area (Å²) in [5.41, 5.74) is 0.910. The molecule has 0 atom stereocenters. The molecule has 0 aliphatic rings. The van der Waals surface area contributed by atoms with Crippen molar-refractivity contribution in [2.75, 3.05) is 7.11 Å². The van der Waals surface area contributed by atoms with Crippen LogP contribution in [0.15, 0.2) is 48.0 Å². The van der Waals surface area contributed by atoms with Crippen molar-refractivity contribution < 1.29 is 14.3 Å². The first-order chi connectivity index (χ1) is 11.2. The number of carbonyl (C=O) groups is 2. The summed E-state index contributed by atoms with van der Waals surface area (Å²) in [6.45, 7) is 0. The van der Waals surface area contributed by atoms with Gasteiger partial charge in [-0.2, -0.15) is 0 Å². The summed E-state index contributed by atoms with van der Waals surface area (Å²) in [5, 5.41) is 3.05. The molecular weight excluding hydrogens is 310 g/mol. The van der Waals surface area contributed by atoms with Gasteiger partial charge in [0.1, 0.15) is 11.4 Å². The monoisotopic (exact) mass is 325 g/mol. The molecule has 0 N–H and O–H groups in total. The SMILES string of the molecule is COc1cccnc1C(=O)CCC(=O)c1ccc2sccc2c1. The summed E-state index contributed by atoms with van der Waals surface area (Å²) in [7, 11) is 1.50. The molecule has 2 aromatic heterocycles. The topological polar surface area (TPSA) is 56.3 Å². The van der Waals surface area contributed by atoms with E-state index in [1.807, 2.05) is 29.6 Å². The molecule has 0 bridgehead atoms. The largest absolute Gasteiger partial charge is 0.494 e. The van der Waals surface area contributed by atoms with Crippen molar-refractivity contribution in [1.82, 2.24) is 4.98 Å². The van der Waals surface area contributed by atoms with Gasteiger partial charge in [0.05, 0.1) is 7.11 Å². The normalized spacial score (nSPS) is 10.7. The fourth-order valence-corrected chi connectivity index (χ4v) is 3.17. The van der Waals surface area contributed by atoms with Crippen LogP contribution in [0.3, 0.4) is 0 Å². The highest BCUT2D eigenvalue weighted by atomic mass is 32.1. The van der Waals surface area contributed by atoms with Gasteiger partial charge in [0.15, 0.2) is 11.6 Å². The van der Waals surface area contributed by atoms with E-state index in [1.54, 1.807) is 29.7 Å². The summed E-state index contributed by atoms with van der Waals surface area (Å²) in [6, 6.07) is 11.0. The van der Waals surface area contributed by atoms with Gasteiger partial charge in [-0.05, 0) is 47.2 Å². The van der Waals surface area contributed by atoms with Crippen molar-refractivity contribution in [1.29, 1.82) is 0 Å². The van der Waals surface area contributed by atoms with Crippen LogP contribution in [0.2, 0.25) is 0 Å². The summed E-state index contributed by atoms with van der Waals surface area (Å²) >= 11 is 1.64. The van der Waals surface area contributed by atoms with Crippen molar-refractivity contribution in [3.63, 3.8) is 0 Å². The Kier molecular flexibility index (Phi) is 4.48. The number of hydrogen-bond donors (Lipinski definition) is 0. The van der Waals surface area contributed by atoms with Crippen molar-refractivity contribution >= 4 is 33.0 Å². The number of benzene rings is 1. The number of ketones is 2. The second kappa shape index (κ2) is 6.71. The van der Waals surface area contributed by atoms with Crippen molar-refractivity contribution in [2.24, 2.45) is 0 Å². The Balaban J connectivity index is 1.69. The van der Waals surface area contributed by atoms with E-state index in [9.17, 15) is 9.59 Å². The first-order valence-corrected chi connectivity index (χ1v) is 8.09. The Morgan fingerprint density at radius 2 is 1.96 bits per heavy atom. The Hall–Kier alpha value is -2.53. The number of methoxy groups -OCH3 is 1. The zero-order chi connectivity index (χ0) is 16.2. The molecule has 0 amide bonds. The Bertz CT molecular complexity index is 869.